The Kier molecular flexibility index (Phi) is 4.86. The van der Waals surface area contributed by atoms with E-state index in [1.807, 2.05) is 0 Å². The summed E-state index contributed by atoms with van der Waals surface area (Å²) in [6.07, 6.45) is -0.489. The van der Waals surface area contributed by atoms with Gasteiger partial charge in [0.05, 0.1) is 5.25 Å². The molecule has 0 fully saturated rings. The van der Waals surface area contributed by atoms with E-state index in [0.717, 1.165) is 0 Å². The van der Waals surface area contributed by atoms with Crippen LogP contribution < -0.4 is 5.32 Å². The first-order valence-corrected chi connectivity index (χ1v) is 7.50. The molecular weight excluding hydrogens is 254 g/mol. The van der Waals surface area contributed by atoms with Gasteiger partial charge in [-0.1, -0.05) is 44.2 Å². The Hall–Kier alpha value is -1.03. The number of fused-ring (bicyclic) bond motifs is 1. The van der Waals surface area contributed by atoms with Gasteiger partial charge < -0.3 is 5.11 Å². The van der Waals surface area contributed by atoms with Gasteiger partial charge >= 0.3 is 0 Å². The third-order valence-electron chi connectivity index (χ3n) is 3.26. The molecule has 0 aliphatic carbocycles. The molecule has 0 saturated heterocycles. The Morgan fingerprint density at radius 2 is 1.74 bits per heavy atom. The van der Waals surface area contributed by atoms with Gasteiger partial charge in [0.15, 0.2) is 0 Å². The van der Waals surface area contributed by atoms with Crippen LogP contribution in [0.5, 0.6) is 0 Å². The second kappa shape index (κ2) is 6.42. The quantitative estimate of drug-likeness (QED) is 0.647. The molecular formula is C16H21NOS. The minimum absolute atomic E-state index is 0.145. The summed E-state index contributed by atoms with van der Waals surface area (Å²) in [5.41, 5.74) is 0. The van der Waals surface area contributed by atoms with E-state index in [-0.39, 0.29) is 5.25 Å². The van der Waals surface area contributed by atoms with Gasteiger partial charge in [-0.25, -0.2) is 0 Å². The summed E-state index contributed by atoms with van der Waals surface area (Å²) in [7, 11) is 1.79. The standard InChI is InChI=1S/C16H21NOS/c1-11(2)15(16(18)17-3)19-14-9-8-12-6-4-5-7-13(12)10-14/h4-11,15-18H,1-3H3. The Labute approximate surface area is 119 Å². The highest BCUT2D eigenvalue weighted by atomic mass is 32.2. The van der Waals surface area contributed by atoms with E-state index in [0.29, 0.717) is 5.92 Å². The molecule has 0 amide bonds. The maximum Gasteiger partial charge on any atom is 0.117 e. The van der Waals surface area contributed by atoms with E-state index in [1.165, 1.54) is 15.7 Å². The zero-order valence-corrected chi connectivity index (χ0v) is 12.4. The molecule has 3 heteroatoms. The average molecular weight is 275 g/mol. The normalized spacial score (nSPS) is 14.8. The first kappa shape index (κ1) is 14.4. The van der Waals surface area contributed by atoms with Crippen LogP contribution in [-0.2, 0) is 0 Å². The highest BCUT2D eigenvalue weighted by Gasteiger charge is 2.22. The van der Waals surface area contributed by atoms with Gasteiger partial charge in [0.2, 0.25) is 0 Å². The van der Waals surface area contributed by atoms with Crippen molar-refractivity contribution >= 4 is 22.5 Å². The highest BCUT2D eigenvalue weighted by molar-refractivity contribution is 8.00. The van der Waals surface area contributed by atoms with E-state index in [4.69, 9.17) is 0 Å². The topological polar surface area (TPSA) is 32.3 Å². The van der Waals surface area contributed by atoms with Crippen LogP contribution in [0.1, 0.15) is 13.8 Å². The average Bonchev–Trinajstić information content (AvgIpc) is 2.43. The van der Waals surface area contributed by atoms with Crippen LogP contribution in [-0.4, -0.2) is 23.6 Å². The monoisotopic (exact) mass is 275 g/mol. The maximum absolute atomic E-state index is 10.0. The number of thioether (sulfide) groups is 1. The van der Waals surface area contributed by atoms with Crippen LogP contribution in [0, 0.1) is 5.92 Å². The molecule has 0 aromatic heterocycles. The van der Waals surface area contributed by atoms with Crippen LogP contribution in [0.25, 0.3) is 10.8 Å². The lowest BCUT2D eigenvalue weighted by molar-refractivity contribution is 0.129. The van der Waals surface area contributed by atoms with E-state index in [9.17, 15) is 5.11 Å². The predicted octanol–water partition coefficient (Wildman–Crippen LogP) is 3.49. The van der Waals surface area contributed by atoms with E-state index >= 15 is 0 Å². The number of aliphatic hydroxyl groups excluding tert-OH is 1. The summed E-state index contributed by atoms with van der Waals surface area (Å²) in [4.78, 5) is 1.20. The Morgan fingerprint density at radius 1 is 1.05 bits per heavy atom. The summed E-state index contributed by atoms with van der Waals surface area (Å²) < 4.78 is 0. The fourth-order valence-electron chi connectivity index (χ4n) is 2.13. The van der Waals surface area contributed by atoms with Crippen LogP contribution in [0.2, 0.25) is 0 Å². The summed E-state index contributed by atoms with van der Waals surface area (Å²) in [6.45, 7) is 4.28. The van der Waals surface area contributed by atoms with Crippen molar-refractivity contribution in [1.29, 1.82) is 0 Å². The minimum Gasteiger partial charge on any atom is -0.377 e. The van der Waals surface area contributed by atoms with Crippen molar-refractivity contribution in [2.24, 2.45) is 5.92 Å². The fraction of sp³-hybridized carbons (Fsp3) is 0.375. The number of hydrogen-bond donors (Lipinski definition) is 2. The Morgan fingerprint density at radius 3 is 2.37 bits per heavy atom. The van der Waals surface area contributed by atoms with Crippen LogP contribution in [0.15, 0.2) is 47.4 Å². The Balaban J connectivity index is 2.23. The minimum atomic E-state index is -0.489. The molecule has 0 aliphatic rings. The van der Waals surface area contributed by atoms with Crippen molar-refractivity contribution in [3.8, 4) is 0 Å². The van der Waals surface area contributed by atoms with Gasteiger partial charge in [-0.2, -0.15) is 0 Å². The van der Waals surface area contributed by atoms with Crippen molar-refractivity contribution in [3.05, 3.63) is 42.5 Å². The summed E-state index contributed by atoms with van der Waals surface area (Å²) in [5, 5.41) is 15.6. The second-order valence-corrected chi connectivity index (χ2v) is 6.32. The van der Waals surface area contributed by atoms with Gasteiger partial charge in [0.1, 0.15) is 6.23 Å². The predicted molar refractivity (Wildman–Crippen MR) is 83.5 cm³/mol. The van der Waals surface area contributed by atoms with Crippen molar-refractivity contribution < 1.29 is 5.11 Å². The Bertz CT molecular complexity index is 541. The van der Waals surface area contributed by atoms with Crippen molar-refractivity contribution in [1.82, 2.24) is 5.32 Å². The van der Waals surface area contributed by atoms with Gasteiger partial charge in [-0.05, 0) is 35.9 Å². The number of nitrogens with one attached hydrogen (secondary N) is 1. The molecule has 0 spiro atoms. The lowest BCUT2D eigenvalue weighted by Crippen LogP contribution is -2.38. The highest BCUT2D eigenvalue weighted by Crippen LogP contribution is 2.31. The smallest absolute Gasteiger partial charge is 0.117 e. The van der Waals surface area contributed by atoms with E-state index < -0.39 is 6.23 Å². The second-order valence-electron chi connectivity index (χ2n) is 5.07. The van der Waals surface area contributed by atoms with Gasteiger partial charge in [0.25, 0.3) is 0 Å². The summed E-state index contributed by atoms with van der Waals surface area (Å²) >= 11 is 1.73. The molecule has 2 unspecified atom stereocenters. The van der Waals surface area contributed by atoms with Gasteiger partial charge in [-0.3, -0.25) is 5.32 Å². The van der Waals surface area contributed by atoms with E-state index in [1.54, 1.807) is 18.8 Å². The molecule has 0 radical (unpaired) electrons. The van der Waals surface area contributed by atoms with Crippen molar-refractivity contribution in [3.63, 3.8) is 0 Å². The first-order chi connectivity index (χ1) is 9.11. The first-order valence-electron chi connectivity index (χ1n) is 6.62. The molecule has 0 aliphatic heterocycles. The molecule has 2 nitrogen and oxygen atoms in total. The zero-order chi connectivity index (χ0) is 13.8. The number of benzene rings is 2. The SMILES string of the molecule is CNC(O)C(Sc1ccc2ccccc2c1)C(C)C. The molecule has 0 heterocycles. The largest absolute Gasteiger partial charge is 0.377 e. The van der Waals surface area contributed by atoms with Crippen LogP contribution >= 0.6 is 11.8 Å². The van der Waals surface area contributed by atoms with E-state index in [2.05, 4.69) is 61.6 Å². The lowest BCUT2D eigenvalue weighted by Gasteiger charge is -2.25. The molecule has 19 heavy (non-hydrogen) atoms. The molecule has 2 aromatic carbocycles. The van der Waals surface area contributed by atoms with Crippen molar-refractivity contribution in [2.45, 2.75) is 30.2 Å². The molecule has 2 aromatic rings. The lowest BCUT2D eigenvalue weighted by atomic mass is 10.1. The van der Waals surface area contributed by atoms with Gasteiger partial charge in [0, 0.05) is 4.90 Å². The maximum atomic E-state index is 10.0. The molecule has 0 saturated carbocycles. The number of hydrogen-bond acceptors (Lipinski definition) is 3. The third-order valence-corrected chi connectivity index (χ3v) is 4.86. The van der Waals surface area contributed by atoms with Crippen molar-refractivity contribution in [2.75, 3.05) is 7.05 Å². The third kappa shape index (κ3) is 3.50. The molecule has 2 atom stereocenters. The van der Waals surface area contributed by atoms with Crippen LogP contribution in [0.3, 0.4) is 0 Å². The number of aliphatic hydroxyl groups is 1. The fourth-order valence-corrected chi connectivity index (χ4v) is 3.32. The van der Waals surface area contributed by atoms with Crippen LogP contribution in [0.4, 0.5) is 0 Å². The number of rotatable bonds is 5. The molecule has 2 rings (SSSR count). The van der Waals surface area contributed by atoms with Gasteiger partial charge in [-0.15, -0.1) is 11.8 Å². The molecule has 0 bridgehead atoms. The molecule has 2 N–H and O–H groups in total. The summed E-state index contributed by atoms with van der Waals surface area (Å²) in [6, 6.07) is 14.8. The summed E-state index contributed by atoms with van der Waals surface area (Å²) in [5.74, 6) is 0.402. The zero-order valence-electron chi connectivity index (χ0n) is 11.6. The molecule has 102 valence electrons.